The Morgan fingerprint density at radius 2 is 2.20 bits per heavy atom. The van der Waals surface area contributed by atoms with Crippen molar-refractivity contribution in [3.05, 3.63) is 29.8 Å². The summed E-state index contributed by atoms with van der Waals surface area (Å²) < 4.78 is 5.25. The van der Waals surface area contributed by atoms with E-state index in [2.05, 4.69) is 25.2 Å². The van der Waals surface area contributed by atoms with Crippen LogP contribution in [0.2, 0.25) is 0 Å². The fraction of sp³-hybridized carbons (Fsp3) is 0.562. The molecule has 0 aliphatic carbocycles. The van der Waals surface area contributed by atoms with Crippen LogP contribution < -0.4 is 15.8 Å². The molecule has 0 bridgehead atoms. The molecule has 1 aliphatic rings. The second-order valence-electron chi connectivity index (χ2n) is 5.87. The fourth-order valence-corrected chi connectivity index (χ4v) is 3.36. The monoisotopic (exact) mass is 276 g/mol. The van der Waals surface area contributed by atoms with Gasteiger partial charge in [-0.15, -0.1) is 0 Å². The van der Waals surface area contributed by atoms with Crippen LogP contribution in [0.1, 0.15) is 25.8 Å². The number of nitrogens with two attached hydrogens (primary N) is 1. The van der Waals surface area contributed by atoms with Crippen molar-refractivity contribution in [3.63, 3.8) is 0 Å². The lowest BCUT2D eigenvalue weighted by molar-refractivity contribution is -0.125. The van der Waals surface area contributed by atoms with E-state index >= 15 is 0 Å². The lowest BCUT2D eigenvalue weighted by Gasteiger charge is -2.39. The number of hydrogen-bond acceptors (Lipinski definition) is 3. The van der Waals surface area contributed by atoms with Crippen molar-refractivity contribution in [1.29, 1.82) is 0 Å². The van der Waals surface area contributed by atoms with Gasteiger partial charge in [-0.3, -0.25) is 4.79 Å². The maximum atomic E-state index is 11.8. The summed E-state index contributed by atoms with van der Waals surface area (Å²) in [5.41, 5.74) is 6.76. The van der Waals surface area contributed by atoms with Crippen molar-refractivity contribution < 1.29 is 9.53 Å². The topological polar surface area (TPSA) is 64.3 Å². The maximum absolute atomic E-state index is 11.8. The van der Waals surface area contributed by atoms with Gasteiger partial charge in [-0.25, -0.2) is 0 Å². The number of rotatable bonds is 4. The third-order valence-electron chi connectivity index (χ3n) is 4.19. The molecule has 0 spiro atoms. The average molecular weight is 276 g/mol. The molecular formula is C16H24N2O2. The summed E-state index contributed by atoms with van der Waals surface area (Å²) in [4.78, 5) is 11.8. The van der Waals surface area contributed by atoms with Crippen LogP contribution in [0.4, 0.5) is 0 Å². The zero-order valence-corrected chi connectivity index (χ0v) is 12.4. The molecule has 4 unspecified atom stereocenters. The molecule has 4 atom stereocenters. The molecule has 1 aliphatic heterocycles. The smallest absolute Gasteiger partial charge is 0.222 e. The molecular weight excluding hydrogens is 252 g/mol. The molecule has 3 N–H and O–H groups in total. The van der Waals surface area contributed by atoms with Crippen molar-refractivity contribution in [3.8, 4) is 5.75 Å². The van der Waals surface area contributed by atoms with Crippen molar-refractivity contribution in [2.45, 2.75) is 38.8 Å². The molecule has 1 fully saturated rings. The number of carbonyl (C=O) groups is 1. The number of ether oxygens (including phenoxy) is 1. The Bertz CT molecular complexity index is 475. The summed E-state index contributed by atoms with van der Waals surface area (Å²) in [5, 5.41) is 3.52. The van der Waals surface area contributed by atoms with Gasteiger partial charge in [0.05, 0.1) is 13.0 Å². The Kier molecular flexibility index (Phi) is 4.65. The molecule has 0 aromatic heterocycles. The predicted octanol–water partition coefficient (Wildman–Crippen LogP) is 1.73. The third kappa shape index (κ3) is 3.31. The average Bonchev–Trinajstić information content (AvgIpc) is 2.37. The first-order chi connectivity index (χ1) is 9.51. The first kappa shape index (κ1) is 14.9. The van der Waals surface area contributed by atoms with Gasteiger partial charge < -0.3 is 15.8 Å². The van der Waals surface area contributed by atoms with Crippen molar-refractivity contribution in [2.24, 2.45) is 17.6 Å². The predicted molar refractivity (Wildman–Crippen MR) is 79.5 cm³/mol. The SMILES string of the molecule is COc1cccc(CC2NC(C)CC(C)C2C(N)=O)c1. The summed E-state index contributed by atoms with van der Waals surface area (Å²) >= 11 is 0. The van der Waals surface area contributed by atoms with Crippen LogP contribution >= 0.6 is 0 Å². The van der Waals surface area contributed by atoms with Crippen LogP contribution in [0.3, 0.4) is 0 Å². The summed E-state index contributed by atoms with van der Waals surface area (Å²) in [6.07, 6.45) is 1.78. The van der Waals surface area contributed by atoms with Crippen molar-refractivity contribution in [1.82, 2.24) is 5.32 Å². The van der Waals surface area contributed by atoms with E-state index in [1.807, 2.05) is 18.2 Å². The number of nitrogens with one attached hydrogen (secondary N) is 1. The van der Waals surface area contributed by atoms with Gasteiger partial charge in [0, 0.05) is 12.1 Å². The number of benzene rings is 1. The van der Waals surface area contributed by atoms with E-state index in [0.29, 0.717) is 12.0 Å². The normalized spacial score (nSPS) is 29.9. The van der Waals surface area contributed by atoms with Gasteiger partial charge in [0.15, 0.2) is 0 Å². The third-order valence-corrected chi connectivity index (χ3v) is 4.19. The lowest BCUT2D eigenvalue weighted by Crippen LogP contribution is -2.55. The van der Waals surface area contributed by atoms with Crippen LogP contribution in [-0.4, -0.2) is 25.1 Å². The molecule has 110 valence electrons. The first-order valence-corrected chi connectivity index (χ1v) is 7.19. The molecule has 1 aromatic carbocycles. The van der Waals surface area contributed by atoms with E-state index in [9.17, 15) is 4.79 Å². The molecule has 1 heterocycles. The van der Waals surface area contributed by atoms with E-state index in [4.69, 9.17) is 10.5 Å². The van der Waals surface area contributed by atoms with E-state index < -0.39 is 0 Å². The van der Waals surface area contributed by atoms with Gasteiger partial charge in [0.2, 0.25) is 5.91 Å². The molecule has 1 aromatic rings. The first-order valence-electron chi connectivity index (χ1n) is 7.19. The summed E-state index contributed by atoms with van der Waals surface area (Å²) in [6, 6.07) is 8.49. The quantitative estimate of drug-likeness (QED) is 0.880. The van der Waals surface area contributed by atoms with Gasteiger partial charge in [-0.1, -0.05) is 19.1 Å². The highest BCUT2D eigenvalue weighted by atomic mass is 16.5. The number of piperidine rings is 1. The van der Waals surface area contributed by atoms with Gasteiger partial charge in [-0.05, 0) is 43.4 Å². The Hall–Kier alpha value is -1.55. The van der Waals surface area contributed by atoms with E-state index in [0.717, 1.165) is 24.2 Å². The van der Waals surface area contributed by atoms with Crippen LogP contribution in [0.25, 0.3) is 0 Å². The minimum atomic E-state index is -0.204. The van der Waals surface area contributed by atoms with Gasteiger partial charge in [-0.2, -0.15) is 0 Å². The Labute approximate surface area is 120 Å². The summed E-state index contributed by atoms with van der Waals surface area (Å²) in [5.74, 6) is 0.844. The molecule has 4 nitrogen and oxygen atoms in total. The highest BCUT2D eigenvalue weighted by molar-refractivity contribution is 5.78. The molecule has 0 radical (unpaired) electrons. The standard InChI is InChI=1S/C16H24N2O2/c1-10-7-11(2)18-14(15(10)16(17)19)9-12-5-4-6-13(8-12)20-3/h4-6,8,10-11,14-15,18H,7,9H2,1-3H3,(H2,17,19). The Balaban J connectivity index is 2.17. The van der Waals surface area contributed by atoms with Gasteiger partial charge in [0.25, 0.3) is 0 Å². The molecule has 4 heteroatoms. The minimum absolute atomic E-state index is 0.0957. The van der Waals surface area contributed by atoms with E-state index in [1.165, 1.54) is 0 Å². The highest BCUT2D eigenvalue weighted by Gasteiger charge is 2.37. The van der Waals surface area contributed by atoms with Gasteiger partial charge >= 0.3 is 0 Å². The van der Waals surface area contributed by atoms with Crippen molar-refractivity contribution in [2.75, 3.05) is 7.11 Å². The Morgan fingerprint density at radius 3 is 2.85 bits per heavy atom. The number of carbonyl (C=O) groups excluding carboxylic acids is 1. The number of primary amides is 1. The van der Waals surface area contributed by atoms with Crippen LogP contribution in [0.5, 0.6) is 5.75 Å². The number of amides is 1. The molecule has 1 saturated heterocycles. The molecule has 1 amide bonds. The second kappa shape index (κ2) is 6.27. The van der Waals surface area contributed by atoms with Gasteiger partial charge in [0.1, 0.15) is 5.75 Å². The molecule has 0 saturated carbocycles. The zero-order valence-electron chi connectivity index (χ0n) is 12.4. The highest BCUT2D eigenvalue weighted by Crippen LogP contribution is 2.28. The largest absolute Gasteiger partial charge is 0.497 e. The number of methoxy groups -OCH3 is 1. The van der Waals surface area contributed by atoms with Crippen LogP contribution in [0.15, 0.2) is 24.3 Å². The summed E-state index contributed by atoms with van der Waals surface area (Å²) in [6.45, 7) is 4.28. The number of hydrogen-bond donors (Lipinski definition) is 2. The van der Waals surface area contributed by atoms with E-state index in [1.54, 1.807) is 7.11 Å². The second-order valence-corrected chi connectivity index (χ2v) is 5.87. The Morgan fingerprint density at radius 1 is 1.45 bits per heavy atom. The molecule has 2 rings (SSSR count). The van der Waals surface area contributed by atoms with Crippen LogP contribution in [-0.2, 0) is 11.2 Å². The van der Waals surface area contributed by atoms with Crippen LogP contribution in [0, 0.1) is 11.8 Å². The zero-order chi connectivity index (χ0) is 14.7. The summed E-state index contributed by atoms with van der Waals surface area (Å²) in [7, 11) is 1.66. The fourth-order valence-electron chi connectivity index (χ4n) is 3.36. The van der Waals surface area contributed by atoms with E-state index in [-0.39, 0.29) is 17.9 Å². The lowest BCUT2D eigenvalue weighted by atomic mass is 9.77. The molecule has 20 heavy (non-hydrogen) atoms. The van der Waals surface area contributed by atoms with Crippen molar-refractivity contribution >= 4 is 5.91 Å². The minimum Gasteiger partial charge on any atom is -0.497 e. The maximum Gasteiger partial charge on any atom is 0.222 e.